The number of amides is 2. The fraction of sp³-hybridized carbons (Fsp3) is 0.286. The standard InChI is InChI=1S/C19H19Br2N3O6.C8H7Br2N3O4.CH4.B2.HI.Na/c1-4-6-30-14-8-12(7-13(9-14)28-3)11-23(19(25)29-5-2)15-10-16(20)22-18(21)17(15)24(26)27;1-2-17-8(14)11-4-3-5(9)12-7(10)6(4)13(15)16;;1-2;;/h4,7-10H,1,5-6,11H2,2-3H3;3H,2H2,1H3,(H,11,12,14);1H4;;1H;/q;;;;;+1/p-1. The molecule has 0 fully saturated rings. The van der Waals surface area contributed by atoms with Crippen LogP contribution >= 0.6 is 63.7 Å². The largest absolute Gasteiger partial charge is 1.00 e. The molecule has 0 aliphatic heterocycles. The minimum atomic E-state index is -0.763. The Labute approximate surface area is 375 Å². The third-order valence-electron chi connectivity index (χ3n) is 5.36. The number of rotatable bonds is 12. The van der Waals surface area contributed by atoms with Gasteiger partial charge in [0, 0.05) is 33.7 Å². The molecule has 24 heteroatoms. The first-order valence-electron chi connectivity index (χ1n) is 13.4. The molecule has 0 spiro atoms. The molecule has 3 aromatic rings. The second-order valence-electron chi connectivity index (χ2n) is 8.50. The van der Waals surface area contributed by atoms with E-state index in [-0.39, 0.29) is 119 Å². The van der Waals surface area contributed by atoms with Crippen molar-refractivity contribution in [2.24, 2.45) is 0 Å². The van der Waals surface area contributed by atoms with Gasteiger partial charge in [0.15, 0.2) is 9.21 Å². The Hall–Kier alpha value is -2.02. The Bertz CT molecular complexity index is 1670. The van der Waals surface area contributed by atoms with Crippen LogP contribution in [-0.4, -0.2) is 74.4 Å². The third kappa shape index (κ3) is 17.4. The molecule has 52 heavy (non-hydrogen) atoms. The summed E-state index contributed by atoms with van der Waals surface area (Å²) in [6.07, 6.45) is 0.0852. The van der Waals surface area contributed by atoms with Crippen LogP contribution in [0.1, 0.15) is 26.8 Å². The molecule has 0 bridgehead atoms. The molecule has 16 nitrogen and oxygen atoms in total. The van der Waals surface area contributed by atoms with Crippen LogP contribution in [0.4, 0.5) is 32.3 Å². The molecule has 2 aromatic heterocycles. The van der Waals surface area contributed by atoms with Crippen molar-refractivity contribution >= 4 is 114 Å². The molecule has 0 unspecified atom stereocenters. The average Bonchev–Trinajstić information content (AvgIpc) is 3.02. The second-order valence-corrected chi connectivity index (χ2v) is 11.6. The predicted molar refractivity (Wildman–Crippen MR) is 203 cm³/mol. The van der Waals surface area contributed by atoms with Gasteiger partial charge in [-0.3, -0.25) is 30.4 Å². The van der Waals surface area contributed by atoms with Crippen LogP contribution in [0.15, 0.2) is 61.4 Å². The van der Waals surface area contributed by atoms with Gasteiger partial charge in [0.2, 0.25) is 0 Å². The van der Waals surface area contributed by atoms with E-state index >= 15 is 0 Å². The van der Waals surface area contributed by atoms with E-state index in [0.717, 1.165) is 4.90 Å². The van der Waals surface area contributed by atoms with Gasteiger partial charge in [0.05, 0.1) is 36.7 Å². The summed E-state index contributed by atoms with van der Waals surface area (Å²) in [5.74, 6) is 1.00. The number of hydrogen-bond acceptors (Lipinski definition) is 12. The SMILES string of the molecule is C.C=CCOc1cc(CN(C(=O)OCC)c2cc(Br)nc(Br)c2[N+](=O)[O-])cc(OC)c1.CCOC(=O)Nc1cc(Br)nc(Br)c1[N+](=O)[O-].[B][B].[I-].[Na+]. The van der Waals surface area contributed by atoms with E-state index in [1.807, 2.05) is 0 Å². The van der Waals surface area contributed by atoms with Crippen molar-refractivity contribution in [3.63, 3.8) is 0 Å². The molecule has 1 aromatic carbocycles. The van der Waals surface area contributed by atoms with Crippen molar-refractivity contribution in [3.05, 3.63) is 87.2 Å². The van der Waals surface area contributed by atoms with Gasteiger partial charge in [-0.2, -0.15) is 0 Å². The summed E-state index contributed by atoms with van der Waals surface area (Å²) in [7, 11) is 9.50. The van der Waals surface area contributed by atoms with Crippen molar-refractivity contribution < 1.29 is 91.9 Å². The van der Waals surface area contributed by atoms with E-state index in [0.29, 0.717) is 26.3 Å². The van der Waals surface area contributed by atoms with Gasteiger partial charge in [-0.25, -0.2) is 19.6 Å². The summed E-state index contributed by atoms with van der Waals surface area (Å²) in [5, 5.41) is 24.7. The minimum Gasteiger partial charge on any atom is -1.00 e. The predicted octanol–water partition coefficient (Wildman–Crippen LogP) is 2.22. The summed E-state index contributed by atoms with van der Waals surface area (Å²) in [6.45, 7) is 7.41. The van der Waals surface area contributed by atoms with Gasteiger partial charge in [-0.1, -0.05) is 20.1 Å². The maximum absolute atomic E-state index is 12.7. The minimum absolute atomic E-state index is 0. The fourth-order valence-electron chi connectivity index (χ4n) is 3.57. The van der Waals surface area contributed by atoms with Crippen molar-refractivity contribution in [2.75, 3.05) is 37.1 Å². The Balaban J connectivity index is -0.000000938. The summed E-state index contributed by atoms with van der Waals surface area (Å²) in [4.78, 5) is 54.1. The second kappa shape index (κ2) is 28.4. The van der Waals surface area contributed by atoms with E-state index in [4.69, 9.17) is 14.2 Å². The Morgan fingerprint density at radius 2 is 1.44 bits per heavy atom. The Morgan fingerprint density at radius 3 is 1.94 bits per heavy atom. The smallest absolute Gasteiger partial charge is 1.00 e. The van der Waals surface area contributed by atoms with Crippen LogP contribution in [0.2, 0.25) is 0 Å². The van der Waals surface area contributed by atoms with Crippen LogP contribution in [0, 0.1) is 20.2 Å². The molecule has 0 saturated heterocycles. The van der Waals surface area contributed by atoms with Gasteiger partial charge in [-0.15, -0.1) is 0 Å². The number of nitrogens with one attached hydrogen (secondary N) is 1. The molecular formula is C28H30B2Br4IN6NaO10. The first-order chi connectivity index (χ1) is 23.3. The number of ether oxygens (including phenoxy) is 4. The van der Waals surface area contributed by atoms with Crippen LogP contribution in [0.25, 0.3) is 0 Å². The molecule has 274 valence electrons. The van der Waals surface area contributed by atoms with Crippen LogP contribution in [0.5, 0.6) is 11.5 Å². The van der Waals surface area contributed by atoms with E-state index in [1.165, 1.54) is 19.2 Å². The molecule has 0 aliphatic carbocycles. The van der Waals surface area contributed by atoms with Crippen molar-refractivity contribution in [3.8, 4) is 11.5 Å². The number of nitrogens with zero attached hydrogens (tertiary/aromatic N) is 5. The quantitative estimate of drug-likeness (QED) is 0.0695. The Kier molecular flexibility index (Phi) is 29.7. The molecular weight excluding hydrogens is 1070 g/mol. The van der Waals surface area contributed by atoms with Gasteiger partial charge < -0.3 is 42.9 Å². The number of methoxy groups -OCH3 is 1. The number of benzene rings is 1. The number of carbonyl (C=O) groups is 2. The zero-order valence-corrected chi connectivity index (χ0v) is 37.9. The monoisotopic (exact) mass is 1100 g/mol. The van der Waals surface area contributed by atoms with Crippen molar-refractivity contribution in [2.45, 2.75) is 27.8 Å². The third-order valence-corrected chi connectivity index (χ3v) is 7.28. The maximum Gasteiger partial charge on any atom is 1.00 e. The van der Waals surface area contributed by atoms with E-state index < -0.39 is 22.0 Å². The molecule has 0 saturated carbocycles. The number of carbonyl (C=O) groups excluding carboxylic acids is 2. The van der Waals surface area contributed by atoms with Gasteiger partial charge in [0.1, 0.15) is 38.7 Å². The van der Waals surface area contributed by atoms with E-state index in [1.54, 1.807) is 38.1 Å². The van der Waals surface area contributed by atoms with Crippen LogP contribution in [-0.2, 0) is 16.0 Å². The fourth-order valence-corrected chi connectivity index (χ4v) is 5.94. The molecule has 0 atom stereocenters. The van der Waals surface area contributed by atoms with E-state index in [9.17, 15) is 29.8 Å². The average molecular weight is 1100 g/mol. The number of hydrogen-bond donors (Lipinski definition) is 1. The summed E-state index contributed by atoms with van der Waals surface area (Å²) in [6, 6.07) is 7.79. The summed E-state index contributed by atoms with van der Waals surface area (Å²) >= 11 is 12.3. The molecule has 1 N–H and O–H groups in total. The van der Waals surface area contributed by atoms with Crippen LogP contribution < -0.4 is 73.2 Å². The first kappa shape index (κ1) is 54.3. The van der Waals surface area contributed by atoms with Gasteiger partial charge in [0.25, 0.3) is 0 Å². The number of aromatic nitrogens is 2. The summed E-state index contributed by atoms with van der Waals surface area (Å²) < 4.78 is 21.3. The first-order valence-corrected chi connectivity index (χ1v) is 16.6. The van der Waals surface area contributed by atoms with E-state index in [2.05, 4.69) is 106 Å². The van der Waals surface area contributed by atoms with Crippen molar-refractivity contribution in [1.82, 2.24) is 9.97 Å². The van der Waals surface area contributed by atoms with Crippen LogP contribution in [0.3, 0.4) is 0 Å². The molecule has 2 heterocycles. The van der Waals surface area contributed by atoms with Gasteiger partial charge in [-0.05, 0) is 95.3 Å². The zero-order valence-electron chi connectivity index (χ0n) is 27.4. The summed E-state index contributed by atoms with van der Waals surface area (Å²) in [5.41, 5.74) is -0.0656. The molecule has 2 amide bonds. The van der Waals surface area contributed by atoms with Crippen molar-refractivity contribution in [1.29, 1.82) is 0 Å². The molecule has 0 aliphatic rings. The number of halogens is 5. The molecule has 3 rings (SSSR count). The number of anilines is 2. The number of nitro groups is 2. The topological polar surface area (TPSA) is 198 Å². The number of pyridine rings is 2. The molecule has 4 radical (unpaired) electrons. The zero-order chi connectivity index (χ0) is 37.3. The maximum atomic E-state index is 12.7. The normalized spacial score (nSPS) is 9.21. The Morgan fingerprint density at radius 1 is 0.923 bits per heavy atom. The van der Waals surface area contributed by atoms with Gasteiger partial charge >= 0.3 is 53.1 Å².